The van der Waals surface area contributed by atoms with Gasteiger partial charge >= 0.3 is 0 Å². The first kappa shape index (κ1) is 18.9. The Morgan fingerprint density at radius 1 is 1.04 bits per heavy atom. The number of rotatable bonds is 8. The number of nitrogens with one attached hydrogen (secondary N) is 1. The van der Waals surface area contributed by atoms with Gasteiger partial charge in [0.05, 0.1) is 0 Å². The lowest BCUT2D eigenvalue weighted by Gasteiger charge is -2.26. The van der Waals surface area contributed by atoms with E-state index in [9.17, 15) is 9.59 Å². The maximum Gasteiger partial charge on any atom is 0.225 e. The second kappa shape index (κ2) is 9.14. The molecule has 0 atom stereocenters. The van der Waals surface area contributed by atoms with Crippen LogP contribution in [-0.2, 0) is 11.3 Å². The van der Waals surface area contributed by atoms with Gasteiger partial charge in [0.25, 0.3) is 0 Å². The van der Waals surface area contributed by atoms with Crippen LogP contribution in [0.3, 0.4) is 0 Å². The fraction of sp³-hybridized carbons (Fsp3) is 0.333. The van der Waals surface area contributed by atoms with Gasteiger partial charge in [0.1, 0.15) is 0 Å². The first-order chi connectivity index (χ1) is 12.0. The van der Waals surface area contributed by atoms with E-state index in [-0.39, 0.29) is 11.7 Å². The highest BCUT2D eigenvalue weighted by Crippen LogP contribution is 2.13. The Hall–Kier alpha value is -2.46. The molecule has 0 saturated heterocycles. The first-order valence-corrected chi connectivity index (χ1v) is 8.64. The number of amides is 1. The number of hydrogen-bond donors (Lipinski definition) is 1. The fourth-order valence-corrected chi connectivity index (χ4v) is 2.62. The lowest BCUT2D eigenvalue weighted by Crippen LogP contribution is -2.33. The molecule has 4 nitrogen and oxygen atoms in total. The molecule has 0 spiro atoms. The topological polar surface area (TPSA) is 49.4 Å². The van der Waals surface area contributed by atoms with E-state index in [1.165, 1.54) is 12.5 Å². The van der Waals surface area contributed by atoms with E-state index in [2.05, 4.69) is 36.2 Å². The third-order valence-electron chi connectivity index (χ3n) is 4.14. The standard InChI is InChI=1S/C21H26N2O2/c1-16(2)23(15-18-8-5-4-6-9-18)13-12-21(25)22-20-11-7-10-19(14-20)17(3)24/h4-11,14,16H,12-13,15H2,1-3H3,(H,22,25). The smallest absolute Gasteiger partial charge is 0.225 e. The van der Waals surface area contributed by atoms with Crippen LogP contribution in [0, 0.1) is 0 Å². The number of carbonyl (C=O) groups excluding carboxylic acids is 2. The van der Waals surface area contributed by atoms with E-state index in [1.54, 1.807) is 24.3 Å². The molecular formula is C21H26N2O2. The molecule has 0 saturated carbocycles. The van der Waals surface area contributed by atoms with Crippen molar-refractivity contribution in [3.8, 4) is 0 Å². The van der Waals surface area contributed by atoms with Crippen molar-refractivity contribution >= 4 is 17.4 Å². The normalized spacial score (nSPS) is 10.9. The Kier molecular flexibility index (Phi) is 6.90. The third-order valence-corrected chi connectivity index (χ3v) is 4.14. The molecule has 0 heterocycles. The summed E-state index contributed by atoms with van der Waals surface area (Å²) >= 11 is 0. The number of carbonyl (C=O) groups is 2. The molecule has 132 valence electrons. The van der Waals surface area contributed by atoms with E-state index >= 15 is 0 Å². The minimum atomic E-state index is -0.0422. The Morgan fingerprint density at radius 3 is 2.40 bits per heavy atom. The van der Waals surface area contributed by atoms with Crippen LogP contribution in [-0.4, -0.2) is 29.2 Å². The molecule has 4 heteroatoms. The Labute approximate surface area is 149 Å². The first-order valence-electron chi connectivity index (χ1n) is 8.64. The maximum atomic E-state index is 12.3. The molecule has 2 aromatic rings. The monoisotopic (exact) mass is 338 g/mol. The van der Waals surface area contributed by atoms with Crippen molar-refractivity contribution in [2.24, 2.45) is 0 Å². The molecule has 2 rings (SSSR count). The van der Waals surface area contributed by atoms with Crippen molar-refractivity contribution in [3.05, 3.63) is 65.7 Å². The molecule has 0 aliphatic carbocycles. The number of anilines is 1. The van der Waals surface area contributed by atoms with Crippen LogP contribution >= 0.6 is 0 Å². The van der Waals surface area contributed by atoms with Gasteiger partial charge in [-0.3, -0.25) is 14.5 Å². The second-order valence-corrected chi connectivity index (χ2v) is 6.48. The maximum absolute atomic E-state index is 12.3. The minimum absolute atomic E-state index is 0.00931. The lowest BCUT2D eigenvalue weighted by molar-refractivity contribution is -0.116. The van der Waals surface area contributed by atoms with Crippen LogP contribution in [0.2, 0.25) is 0 Å². The number of Topliss-reactive ketones (excluding diaryl/α,β-unsaturated/α-hetero) is 1. The number of ketones is 1. The summed E-state index contributed by atoms with van der Waals surface area (Å²) in [6, 6.07) is 17.7. The van der Waals surface area contributed by atoms with E-state index < -0.39 is 0 Å². The van der Waals surface area contributed by atoms with Gasteiger partial charge in [-0.2, -0.15) is 0 Å². The zero-order chi connectivity index (χ0) is 18.2. The molecule has 2 aromatic carbocycles. The van der Waals surface area contributed by atoms with Crippen LogP contribution in [0.15, 0.2) is 54.6 Å². The van der Waals surface area contributed by atoms with Crippen molar-refractivity contribution in [1.82, 2.24) is 4.90 Å². The van der Waals surface area contributed by atoms with E-state index in [0.717, 1.165) is 6.54 Å². The summed E-state index contributed by atoms with van der Waals surface area (Å²) in [6.07, 6.45) is 0.412. The molecule has 0 aromatic heterocycles. The number of benzene rings is 2. The van der Waals surface area contributed by atoms with Gasteiger partial charge in [-0.1, -0.05) is 42.5 Å². The molecule has 0 bridgehead atoms. The molecule has 0 aliphatic rings. The molecule has 1 amide bonds. The van der Waals surface area contributed by atoms with Gasteiger partial charge < -0.3 is 5.32 Å². The van der Waals surface area contributed by atoms with Crippen LogP contribution in [0.25, 0.3) is 0 Å². The van der Waals surface area contributed by atoms with Crippen molar-refractivity contribution < 1.29 is 9.59 Å². The Bertz CT molecular complexity index is 711. The van der Waals surface area contributed by atoms with Crippen molar-refractivity contribution in [2.45, 2.75) is 39.8 Å². The second-order valence-electron chi connectivity index (χ2n) is 6.48. The Morgan fingerprint density at radius 2 is 1.76 bits per heavy atom. The van der Waals surface area contributed by atoms with E-state index in [4.69, 9.17) is 0 Å². The Balaban J connectivity index is 1.90. The summed E-state index contributed by atoms with van der Waals surface area (Å²) < 4.78 is 0. The van der Waals surface area contributed by atoms with Gasteiger partial charge in [0.15, 0.2) is 5.78 Å². The molecule has 25 heavy (non-hydrogen) atoms. The van der Waals surface area contributed by atoms with Crippen molar-refractivity contribution in [3.63, 3.8) is 0 Å². The summed E-state index contributed by atoms with van der Waals surface area (Å²) in [7, 11) is 0. The summed E-state index contributed by atoms with van der Waals surface area (Å²) in [6.45, 7) is 7.30. The van der Waals surface area contributed by atoms with Crippen LogP contribution in [0.4, 0.5) is 5.69 Å². The van der Waals surface area contributed by atoms with Gasteiger partial charge in [-0.15, -0.1) is 0 Å². The van der Waals surface area contributed by atoms with Crippen LogP contribution in [0.1, 0.15) is 43.1 Å². The molecule has 0 fully saturated rings. The molecule has 0 unspecified atom stereocenters. The molecule has 0 aliphatic heterocycles. The van der Waals surface area contributed by atoms with E-state index in [1.807, 2.05) is 18.2 Å². The van der Waals surface area contributed by atoms with Crippen LogP contribution in [0.5, 0.6) is 0 Å². The van der Waals surface area contributed by atoms with Crippen molar-refractivity contribution in [2.75, 3.05) is 11.9 Å². The largest absolute Gasteiger partial charge is 0.326 e. The zero-order valence-electron chi connectivity index (χ0n) is 15.2. The average molecular weight is 338 g/mol. The highest BCUT2D eigenvalue weighted by atomic mass is 16.1. The highest BCUT2D eigenvalue weighted by molar-refractivity contribution is 5.97. The summed E-state index contributed by atoms with van der Waals surface area (Å²) in [4.78, 5) is 26.0. The SMILES string of the molecule is CC(=O)c1cccc(NC(=O)CCN(Cc2ccccc2)C(C)C)c1. The highest BCUT2D eigenvalue weighted by Gasteiger charge is 2.13. The van der Waals surface area contributed by atoms with E-state index in [0.29, 0.717) is 30.3 Å². The average Bonchev–Trinajstić information content (AvgIpc) is 2.59. The van der Waals surface area contributed by atoms with Gasteiger partial charge in [0.2, 0.25) is 5.91 Å². The summed E-state index contributed by atoms with van der Waals surface area (Å²) in [5.74, 6) is -0.0515. The summed E-state index contributed by atoms with van der Waals surface area (Å²) in [5.41, 5.74) is 2.51. The molecular weight excluding hydrogens is 312 g/mol. The van der Waals surface area contributed by atoms with Crippen LogP contribution < -0.4 is 5.32 Å². The minimum Gasteiger partial charge on any atom is -0.326 e. The van der Waals surface area contributed by atoms with Gasteiger partial charge in [-0.25, -0.2) is 0 Å². The van der Waals surface area contributed by atoms with Gasteiger partial charge in [-0.05, 0) is 38.5 Å². The van der Waals surface area contributed by atoms with Gasteiger partial charge in [0, 0.05) is 36.8 Å². The fourth-order valence-electron chi connectivity index (χ4n) is 2.62. The molecule has 1 N–H and O–H groups in total. The number of hydrogen-bond acceptors (Lipinski definition) is 3. The zero-order valence-corrected chi connectivity index (χ0v) is 15.2. The molecule has 0 radical (unpaired) electrons. The predicted octanol–water partition coefficient (Wildman–Crippen LogP) is 4.13. The predicted molar refractivity (Wildman–Crippen MR) is 102 cm³/mol. The lowest BCUT2D eigenvalue weighted by atomic mass is 10.1. The van der Waals surface area contributed by atoms with Crippen molar-refractivity contribution in [1.29, 1.82) is 0 Å². The summed E-state index contributed by atoms with van der Waals surface area (Å²) in [5, 5.41) is 2.88. The number of nitrogens with zero attached hydrogens (tertiary/aromatic N) is 1. The quantitative estimate of drug-likeness (QED) is 0.736. The third kappa shape index (κ3) is 6.16.